The molecule has 3 aromatic rings. The summed E-state index contributed by atoms with van der Waals surface area (Å²) in [5, 5.41) is 4.32. The molecule has 2 aromatic carbocycles. The van der Waals surface area contributed by atoms with Crippen LogP contribution < -0.4 is 5.32 Å². The molecule has 0 fully saturated rings. The molecule has 4 heteroatoms. The van der Waals surface area contributed by atoms with Gasteiger partial charge in [0.25, 0.3) is 0 Å². The van der Waals surface area contributed by atoms with E-state index in [9.17, 15) is 4.39 Å². The molecule has 0 bridgehead atoms. The first-order chi connectivity index (χ1) is 10.2. The van der Waals surface area contributed by atoms with Gasteiger partial charge in [-0.2, -0.15) is 0 Å². The second-order valence-corrected chi connectivity index (χ2v) is 5.71. The predicted molar refractivity (Wildman–Crippen MR) is 86.7 cm³/mol. The van der Waals surface area contributed by atoms with E-state index < -0.39 is 0 Å². The number of hydrogen-bond donors (Lipinski definition) is 1. The summed E-state index contributed by atoms with van der Waals surface area (Å²) in [6, 6.07) is 15.2. The average molecular weight is 345 g/mol. The van der Waals surface area contributed by atoms with Crippen LogP contribution in [-0.2, 0) is 0 Å². The summed E-state index contributed by atoms with van der Waals surface area (Å²) in [7, 11) is 1.87. The minimum atomic E-state index is -0.254. The number of benzene rings is 2. The van der Waals surface area contributed by atoms with E-state index >= 15 is 0 Å². The summed E-state index contributed by atoms with van der Waals surface area (Å²) >= 11 is 3.19. The highest BCUT2D eigenvalue weighted by molar-refractivity contribution is 9.10. The zero-order chi connectivity index (χ0) is 14.8. The van der Waals surface area contributed by atoms with Crippen LogP contribution in [0.1, 0.15) is 17.2 Å². The Balaban J connectivity index is 2.06. The maximum absolute atomic E-state index is 13.8. The number of nitrogens with zero attached hydrogens (tertiary/aromatic N) is 1. The molecule has 0 saturated carbocycles. The third kappa shape index (κ3) is 2.82. The van der Waals surface area contributed by atoms with Gasteiger partial charge < -0.3 is 5.32 Å². The van der Waals surface area contributed by atoms with Gasteiger partial charge in [-0.15, -0.1) is 0 Å². The second-order valence-electron chi connectivity index (χ2n) is 4.85. The van der Waals surface area contributed by atoms with Crippen molar-refractivity contribution in [1.29, 1.82) is 0 Å². The van der Waals surface area contributed by atoms with Crippen molar-refractivity contribution >= 4 is 26.8 Å². The van der Waals surface area contributed by atoms with Crippen LogP contribution >= 0.6 is 15.9 Å². The molecule has 0 aliphatic rings. The molecule has 1 N–H and O–H groups in total. The van der Waals surface area contributed by atoms with E-state index in [1.807, 2.05) is 37.4 Å². The van der Waals surface area contributed by atoms with Gasteiger partial charge in [-0.25, -0.2) is 4.39 Å². The van der Waals surface area contributed by atoms with E-state index in [2.05, 4.69) is 32.3 Å². The lowest BCUT2D eigenvalue weighted by Crippen LogP contribution is -2.17. The largest absolute Gasteiger partial charge is 0.309 e. The first-order valence-corrected chi connectivity index (χ1v) is 7.45. The van der Waals surface area contributed by atoms with Gasteiger partial charge in [0, 0.05) is 11.6 Å². The van der Waals surface area contributed by atoms with Gasteiger partial charge in [0.1, 0.15) is 5.82 Å². The Labute approximate surface area is 131 Å². The predicted octanol–water partition coefficient (Wildman–Crippen LogP) is 4.45. The molecular formula is C17H14BrFN2. The first kappa shape index (κ1) is 14.2. The van der Waals surface area contributed by atoms with E-state index in [0.717, 1.165) is 22.0 Å². The number of aromatic nitrogens is 1. The van der Waals surface area contributed by atoms with Crippen LogP contribution in [0.5, 0.6) is 0 Å². The van der Waals surface area contributed by atoms with Crippen molar-refractivity contribution in [3.05, 3.63) is 76.1 Å². The summed E-state index contributed by atoms with van der Waals surface area (Å²) < 4.78 is 14.2. The fourth-order valence-electron chi connectivity index (χ4n) is 2.49. The Morgan fingerprint density at radius 1 is 1.10 bits per heavy atom. The first-order valence-electron chi connectivity index (χ1n) is 6.66. The monoisotopic (exact) mass is 344 g/mol. The third-order valence-electron chi connectivity index (χ3n) is 3.53. The van der Waals surface area contributed by atoms with Gasteiger partial charge in [-0.3, -0.25) is 4.98 Å². The molecule has 1 unspecified atom stereocenters. The highest BCUT2D eigenvalue weighted by atomic mass is 79.9. The van der Waals surface area contributed by atoms with Gasteiger partial charge in [0.2, 0.25) is 0 Å². The second kappa shape index (κ2) is 5.92. The Morgan fingerprint density at radius 2 is 1.86 bits per heavy atom. The van der Waals surface area contributed by atoms with Crippen molar-refractivity contribution in [3.63, 3.8) is 0 Å². The maximum atomic E-state index is 13.8. The lowest BCUT2D eigenvalue weighted by Gasteiger charge is -2.18. The van der Waals surface area contributed by atoms with Crippen molar-refractivity contribution < 1.29 is 4.39 Å². The molecule has 3 rings (SSSR count). The SMILES string of the molecule is CNC(c1ccc(Br)c(F)c1)c1ccc2ncccc2c1. The van der Waals surface area contributed by atoms with Gasteiger partial charge in [0.05, 0.1) is 16.0 Å². The summed E-state index contributed by atoms with van der Waals surface area (Å²) in [5.41, 5.74) is 2.93. The van der Waals surface area contributed by atoms with Gasteiger partial charge >= 0.3 is 0 Å². The molecule has 2 nitrogen and oxygen atoms in total. The van der Waals surface area contributed by atoms with Crippen molar-refractivity contribution in [2.24, 2.45) is 0 Å². The highest BCUT2D eigenvalue weighted by Crippen LogP contribution is 2.27. The number of fused-ring (bicyclic) bond motifs is 1. The Kier molecular flexibility index (Phi) is 3.99. The standard InChI is InChI=1S/C17H14BrFN2/c1-20-17(13-4-6-14(18)15(19)10-13)12-5-7-16-11(9-12)3-2-8-21-16/h2-10,17,20H,1H3. The third-order valence-corrected chi connectivity index (χ3v) is 4.17. The van der Waals surface area contributed by atoms with Crippen LogP contribution in [0.3, 0.4) is 0 Å². The Bertz CT molecular complexity index is 789. The van der Waals surface area contributed by atoms with Crippen molar-refractivity contribution in [1.82, 2.24) is 10.3 Å². The van der Waals surface area contributed by atoms with Crippen LogP contribution in [0.25, 0.3) is 10.9 Å². The minimum Gasteiger partial charge on any atom is -0.309 e. The quantitative estimate of drug-likeness (QED) is 0.759. The minimum absolute atomic E-state index is 0.0581. The molecule has 106 valence electrons. The number of nitrogens with one attached hydrogen (secondary N) is 1. The molecule has 1 atom stereocenters. The lowest BCUT2D eigenvalue weighted by atomic mass is 9.97. The van der Waals surface area contributed by atoms with Crippen molar-refractivity contribution in [2.75, 3.05) is 7.05 Å². The molecule has 0 aliphatic carbocycles. The molecule has 0 spiro atoms. The van der Waals surface area contributed by atoms with Gasteiger partial charge in [-0.05, 0) is 64.4 Å². The molecular weight excluding hydrogens is 331 g/mol. The van der Waals surface area contributed by atoms with Gasteiger partial charge in [-0.1, -0.05) is 18.2 Å². The fourth-order valence-corrected chi connectivity index (χ4v) is 2.74. The smallest absolute Gasteiger partial charge is 0.137 e. The highest BCUT2D eigenvalue weighted by Gasteiger charge is 2.14. The molecule has 0 aliphatic heterocycles. The van der Waals surface area contributed by atoms with E-state index in [1.54, 1.807) is 18.3 Å². The number of halogens is 2. The number of rotatable bonds is 3. The zero-order valence-corrected chi connectivity index (χ0v) is 13.1. The Morgan fingerprint density at radius 3 is 2.62 bits per heavy atom. The Hall–Kier alpha value is -1.78. The van der Waals surface area contributed by atoms with E-state index in [1.165, 1.54) is 0 Å². The summed E-state index contributed by atoms with van der Waals surface area (Å²) in [6.07, 6.45) is 1.78. The molecule has 0 saturated heterocycles. The van der Waals surface area contributed by atoms with Crippen molar-refractivity contribution in [3.8, 4) is 0 Å². The average Bonchev–Trinajstić information content (AvgIpc) is 2.51. The summed E-state index contributed by atoms with van der Waals surface area (Å²) in [5.74, 6) is -0.254. The van der Waals surface area contributed by atoms with E-state index in [-0.39, 0.29) is 11.9 Å². The number of pyridine rings is 1. The van der Waals surface area contributed by atoms with Crippen molar-refractivity contribution in [2.45, 2.75) is 6.04 Å². The summed E-state index contributed by atoms with van der Waals surface area (Å²) in [4.78, 5) is 4.32. The molecule has 0 radical (unpaired) electrons. The van der Waals surface area contributed by atoms with Crippen LogP contribution in [0.4, 0.5) is 4.39 Å². The topological polar surface area (TPSA) is 24.9 Å². The van der Waals surface area contributed by atoms with E-state index in [0.29, 0.717) is 4.47 Å². The molecule has 21 heavy (non-hydrogen) atoms. The van der Waals surface area contributed by atoms with Crippen LogP contribution in [0, 0.1) is 5.82 Å². The van der Waals surface area contributed by atoms with Crippen LogP contribution in [0.15, 0.2) is 59.2 Å². The number of hydrogen-bond acceptors (Lipinski definition) is 2. The van der Waals surface area contributed by atoms with E-state index in [4.69, 9.17) is 0 Å². The normalized spacial score (nSPS) is 12.5. The summed E-state index contributed by atoms with van der Waals surface area (Å²) in [6.45, 7) is 0. The molecule has 0 amide bonds. The fraction of sp³-hybridized carbons (Fsp3) is 0.118. The maximum Gasteiger partial charge on any atom is 0.137 e. The lowest BCUT2D eigenvalue weighted by molar-refractivity contribution is 0.610. The molecule has 1 aromatic heterocycles. The zero-order valence-electron chi connectivity index (χ0n) is 11.5. The van der Waals surface area contributed by atoms with Crippen LogP contribution in [-0.4, -0.2) is 12.0 Å². The molecule has 1 heterocycles. The van der Waals surface area contributed by atoms with Gasteiger partial charge in [0.15, 0.2) is 0 Å². The van der Waals surface area contributed by atoms with Crippen LogP contribution in [0.2, 0.25) is 0 Å².